The summed E-state index contributed by atoms with van der Waals surface area (Å²) in [6, 6.07) is 0. The minimum Gasteiger partial charge on any atom is -0.107 e. The highest BCUT2D eigenvalue weighted by molar-refractivity contribution is 7.60. The van der Waals surface area contributed by atoms with Gasteiger partial charge in [-0.15, -0.1) is 31.7 Å². The lowest BCUT2D eigenvalue weighted by Crippen LogP contribution is -2.22. The van der Waals surface area contributed by atoms with Crippen molar-refractivity contribution in [2.75, 3.05) is 37.0 Å². The maximum Gasteiger partial charge on any atom is -0.0207 e. The van der Waals surface area contributed by atoms with Crippen molar-refractivity contribution < 1.29 is 0 Å². The molecular formula is C48H90P4. The normalized spacial score (nSPS) is 24.9. The van der Waals surface area contributed by atoms with E-state index in [0.29, 0.717) is 23.8 Å². The lowest BCUT2D eigenvalue weighted by atomic mass is 9.99. The Kier molecular flexibility index (Phi) is 21.6. The summed E-state index contributed by atoms with van der Waals surface area (Å²) in [6.45, 7) is 0. The Morgan fingerprint density at radius 3 is 0.577 bits per heavy atom. The third kappa shape index (κ3) is 14.8. The molecule has 4 heteroatoms. The van der Waals surface area contributed by atoms with E-state index in [1.807, 2.05) is 0 Å². The molecular weight excluding hydrogens is 700 g/mol. The third-order valence-corrected chi connectivity index (χ3v) is 29.8. The Bertz CT molecular complexity index is 705. The van der Waals surface area contributed by atoms with Gasteiger partial charge in [-0.05, 0) is 187 Å². The molecule has 0 aliphatic heterocycles. The molecule has 6 fully saturated rings. The van der Waals surface area contributed by atoms with Crippen LogP contribution in [0.1, 0.15) is 231 Å². The van der Waals surface area contributed by atoms with Gasteiger partial charge in [-0.25, -0.2) is 0 Å². The summed E-state index contributed by atoms with van der Waals surface area (Å²) in [6.07, 6.45) is 67.1. The molecule has 0 aromatic carbocycles. The van der Waals surface area contributed by atoms with Gasteiger partial charge in [0.05, 0.1) is 0 Å². The molecule has 0 unspecified atom stereocenters. The van der Waals surface area contributed by atoms with E-state index in [2.05, 4.69) is 0 Å². The summed E-state index contributed by atoms with van der Waals surface area (Å²) >= 11 is 0. The molecule has 0 atom stereocenters. The maximum atomic E-state index is 1.67. The van der Waals surface area contributed by atoms with Crippen molar-refractivity contribution in [3.8, 4) is 0 Å². The van der Waals surface area contributed by atoms with Crippen LogP contribution in [0.4, 0.5) is 0 Å². The third-order valence-electron chi connectivity index (χ3n) is 15.7. The zero-order valence-corrected chi connectivity index (χ0v) is 38.5. The van der Waals surface area contributed by atoms with E-state index in [0.717, 1.165) is 0 Å². The van der Waals surface area contributed by atoms with Crippen molar-refractivity contribution >= 4 is 31.7 Å². The predicted octanol–water partition coefficient (Wildman–Crippen LogP) is 17.3. The smallest absolute Gasteiger partial charge is 0.0207 e. The van der Waals surface area contributed by atoms with Crippen LogP contribution in [0.2, 0.25) is 0 Å². The Balaban J connectivity index is 0.998. The van der Waals surface area contributed by atoms with Crippen LogP contribution in [0.15, 0.2) is 0 Å². The van der Waals surface area contributed by atoms with Crippen LogP contribution in [-0.2, 0) is 0 Å². The SMILES string of the molecule is C1CCC(P(CCCCP(CCCCP(C2CCCCC2)C2CCCCC2)CCCCP(C2CCCCC2)C2CCCCC2)C2CCCCC2)CC1. The first-order valence-corrected chi connectivity index (χ1v) is 31.7. The summed E-state index contributed by atoms with van der Waals surface area (Å²) < 4.78 is 0. The highest BCUT2D eigenvalue weighted by atomic mass is 31.1. The lowest BCUT2D eigenvalue weighted by Gasteiger charge is -2.39. The van der Waals surface area contributed by atoms with Gasteiger partial charge in [-0.3, -0.25) is 0 Å². The van der Waals surface area contributed by atoms with Crippen LogP contribution in [-0.4, -0.2) is 70.9 Å². The minimum absolute atomic E-state index is 0.281. The summed E-state index contributed by atoms with van der Waals surface area (Å²) in [5, 5.41) is 0. The fourth-order valence-electron chi connectivity index (χ4n) is 12.7. The van der Waals surface area contributed by atoms with E-state index < -0.39 is 0 Å². The van der Waals surface area contributed by atoms with Gasteiger partial charge in [0.25, 0.3) is 0 Å². The molecule has 0 aromatic heterocycles. The van der Waals surface area contributed by atoms with Crippen LogP contribution in [0, 0.1) is 0 Å². The zero-order valence-electron chi connectivity index (χ0n) is 35.0. The molecule has 0 saturated heterocycles. The van der Waals surface area contributed by atoms with E-state index in [1.54, 1.807) is 268 Å². The Morgan fingerprint density at radius 1 is 0.212 bits per heavy atom. The first-order valence-electron chi connectivity index (χ1n) is 24.8. The number of hydrogen-bond donors (Lipinski definition) is 0. The summed E-state index contributed by atoms with van der Waals surface area (Å²) in [5.74, 6) is 0. The molecule has 6 aliphatic rings. The first-order chi connectivity index (χ1) is 25.8. The summed E-state index contributed by atoms with van der Waals surface area (Å²) in [7, 11) is 1.23. The van der Waals surface area contributed by atoms with Crippen molar-refractivity contribution in [1.29, 1.82) is 0 Å². The van der Waals surface area contributed by atoms with Gasteiger partial charge in [0, 0.05) is 0 Å². The van der Waals surface area contributed by atoms with Gasteiger partial charge in [-0.2, -0.15) is 0 Å². The second kappa shape index (κ2) is 25.9. The molecule has 6 saturated carbocycles. The van der Waals surface area contributed by atoms with E-state index >= 15 is 0 Å². The monoisotopic (exact) mass is 791 g/mol. The highest BCUT2D eigenvalue weighted by Crippen LogP contribution is 2.59. The van der Waals surface area contributed by atoms with Crippen LogP contribution >= 0.6 is 31.7 Å². The molecule has 6 rings (SSSR count). The van der Waals surface area contributed by atoms with E-state index in [9.17, 15) is 0 Å². The number of hydrogen-bond acceptors (Lipinski definition) is 0. The fourth-order valence-corrected chi connectivity index (χ4v) is 27.3. The van der Waals surface area contributed by atoms with Crippen LogP contribution < -0.4 is 0 Å². The highest BCUT2D eigenvalue weighted by Gasteiger charge is 2.33. The molecule has 0 N–H and O–H groups in total. The van der Waals surface area contributed by atoms with Crippen molar-refractivity contribution in [3.05, 3.63) is 0 Å². The molecule has 0 bridgehead atoms. The second-order valence-corrected chi connectivity index (χ2v) is 30.9. The first kappa shape index (κ1) is 43.3. The Hall–Kier alpha value is 1.72. The van der Waals surface area contributed by atoms with Gasteiger partial charge < -0.3 is 0 Å². The lowest BCUT2D eigenvalue weighted by molar-refractivity contribution is 0.483. The van der Waals surface area contributed by atoms with Crippen molar-refractivity contribution in [1.82, 2.24) is 0 Å². The number of unbranched alkanes of at least 4 members (excludes halogenated alkanes) is 3. The van der Waals surface area contributed by atoms with Gasteiger partial charge >= 0.3 is 0 Å². The molecule has 0 amide bonds. The Labute approximate surface area is 332 Å². The maximum absolute atomic E-state index is 1.67. The van der Waals surface area contributed by atoms with Gasteiger partial charge in [0.15, 0.2) is 0 Å². The molecule has 0 spiro atoms. The topological polar surface area (TPSA) is 0 Å². The second-order valence-electron chi connectivity index (χ2n) is 19.4. The standard InChI is InChI=1S/C48H90P4/c1-7-25-43(26-8-1)50(44-27-9-2-10-28-44)40-22-19-37-49(38-20-23-41-51(45-29-11-3-12-30-45)46-31-13-4-14-32-46)39-21-24-42-52(47-33-15-5-16-34-47)48-35-17-6-18-36-48/h43-48H,1-42H2. The van der Waals surface area contributed by atoms with Crippen molar-refractivity contribution in [3.63, 3.8) is 0 Å². The summed E-state index contributed by atoms with van der Waals surface area (Å²) in [5.41, 5.74) is 7.00. The molecule has 0 nitrogen and oxygen atoms in total. The number of rotatable bonds is 21. The average Bonchev–Trinajstić information content (AvgIpc) is 3.22. The minimum atomic E-state index is 0.281. The van der Waals surface area contributed by atoms with Crippen LogP contribution in [0.3, 0.4) is 0 Å². The van der Waals surface area contributed by atoms with E-state index in [1.165, 1.54) is 34.0 Å². The predicted molar refractivity (Wildman–Crippen MR) is 246 cm³/mol. The van der Waals surface area contributed by atoms with Gasteiger partial charge in [-0.1, -0.05) is 116 Å². The largest absolute Gasteiger partial charge is 0.107 e. The Morgan fingerprint density at radius 2 is 0.385 bits per heavy atom. The fraction of sp³-hybridized carbons (Fsp3) is 1.00. The molecule has 0 heterocycles. The van der Waals surface area contributed by atoms with E-state index in [-0.39, 0.29) is 7.92 Å². The zero-order chi connectivity index (χ0) is 35.5. The van der Waals surface area contributed by atoms with Gasteiger partial charge in [0.1, 0.15) is 0 Å². The van der Waals surface area contributed by atoms with Crippen molar-refractivity contribution in [2.24, 2.45) is 0 Å². The molecule has 0 radical (unpaired) electrons. The van der Waals surface area contributed by atoms with Gasteiger partial charge in [0.2, 0.25) is 0 Å². The molecule has 52 heavy (non-hydrogen) atoms. The van der Waals surface area contributed by atoms with Crippen LogP contribution in [0.25, 0.3) is 0 Å². The van der Waals surface area contributed by atoms with Crippen LogP contribution in [0.5, 0.6) is 0 Å². The summed E-state index contributed by atoms with van der Waals surface area (Å²) in [4.78, 5) is 0. The van der Waals surface area contributed by atoms with E-state index in [4.69, 9.17) is 0 Å². The molecule has 6 aliphatic carbocycles. The molecule has 0 aromatic rings. The molecule has 302 valence electrons. The van der Waals surface area contributed by atoms with Crippen molar-refractivity contribution in [2.45, 2.75) is 265 Å². The quantitative estimate of drug-likeness (QED) is 0.0802. The average molecular weight is 791 g/mol.